The summed E-state index contributed by atoms with van der Waals surface area (Å²) in [6, 6.07) is 7.42. The smallest absolute Gasteiger partial charge is 0.338 e. The fourth-order valence-corrected chi connectivity index (χ4v) is 1.36. The van der Waals surface area contributed by atoms with E-state index < -0.39 is 0 Å². The fourth-order valence-electron chi connectivity index (χ4n) is 1.01. The number of carbonyl (C=O) groups is 1. The van der Waals surface area contributed by atoms with Crippen molar-refractivity contribution in [3.63, 3.8) is 0 Å². The predicted octanol–water partition coefficient (Wildman–Crippen LogP) is 1.85. The highest BCUT2D eigenvalue weighted by atomic mass is 31.0. The molecule has 1 aromatic carbocycles. The number of benzene rings is 1. The molecule has 1 aromatic rings. The summed E-state index contributed by atoms with van der Waals surface area (Å²) >= 11 is 0. The number of hydrogen-bond donors (Lipinski definition) is 0. The molecule has 0 heterocycles. The summed E-state index contributed by atoms with van der Waals surface area (Å²) in [4.78, 5) is 11.2. The Hall–Kier alpha value is -0.880. The van der Waals surface area contributed by atoms with E-state index in [1.807, 2.05) is 18.2 Å². The lowest BCUT2D eigenvalue weighted by Crippen LogP contribution is -2.04. The van der Waals surface area contributed by atoms with E-state index in [0.717, 1.165) is 11.7 Å². The monoisotopic (exact) mass is 182 g/mol. The van der Waals surface area contributed by atoms with Crippen LogP contribution in [-0.4, -0.2) is 13.1 Å². The van der Waals surface area contributed by atoms with Crippen LogP contribution in [0.15, 0.2) is 24.3 Å². The van der Waals surface area contributed by atoms with Gasteiger partial charge in [0.15, 0.2) is 0 Å². The van der Waals surface area contributed by atoms with Gasteiger partial charge in [0.2, 0.25) is 0 Å². The van der Waals surface area contributed by atoms with Crippen molar-refractivity contribution >= 4 is 15.2 Å². The predicted molar refractivity (Wildman–Crippen MR) is 51.2 cm³/mol. The van der Waals surface area contributed by atoms with E-state index in [2.05, 4.69) is 14.0 Å². The van der Waals surface area contributed by atoms with Crippen LogP contribution in [0.3, 0.4) is 0 Å². The van der Waals surface area contributed by atoms with Gasteiger partial charge in [0.25, 0.3) is 0 Å². The Balaban J connectivity index is 3.04. The van der Waals surface area contributed by atoms with Crippen LogP contribution in [0.25, 0.3) is 0 Å². The number of ether oxygens (including phenoxy) is 1. The largest absolute Gasteiger partial charge is 0.465 e. The van der Waals surface area contributed by atoms with Crippen LogP contribution in [0, 0.1) is 0 Å². The molecule has 12 heavy (non-hydrogen) atoms. The van der Waals surface area contributed by atoms with E-state index in [1.165, 1.54) is 7.11 Å². The third kappa shape index (κ3) is 1.83. The summed E-state index contributed by atoms with van der Waals surface area (Å²) in [5, 5.41) is 0. The lowest BCUT2D eigenvalue weighted by molar-refractivity contribution is 0.0600. The maximum absolute atomic E-state index is 11.2. The third-order valence-corrected chi connectivity index (χ3v) is 2.08. The van der Waals surface area contributed by atoms with Crippen LogP contribution in [-0.2, 0) is 10.9 Å². The van der Waals surface area contributed by atoms with Crippen molar-refractivity contribution in [1.29, 1.82) is 0 Å². The van der Waals surface area contributed by atoms with Gasteiger partial charge >= 0.3 is 5.97 Å². The molecule has 0 spiro atoms. The number of rotatable bonds is 2. The molecule has 0 saturated carbocycles. The first-order valence-electron chi connectivity index (χ1n) is 3.66. The highest BCUT2D eigenvalue weighted by Gasteiger charge is 2.08. The Kier molecular flexibility index (Phi) is 3.24. The Labute approximate surface area is 74.1 Å². The van der Waals surface area contributed by atoms with Crippen molar-refractivity contribution in [2.45, 2.75) is 6.16 Å². The zero-order valence-corrected chi connectivity index (χ0v) is 8.07. The summed E-state index contributed by atoms with van der Waals surface area (Å²) in [6.45, 7) is 0. The van der Waals surface area contributed by atoms with Crippen molar-refractivity contribution in [3.8, 4) is 0 Å². The molecule has 0 radical (unpaired) electrons. The van der Waals surface area contributed by atoms with E-state index in [9.17, 15) is 4.79 Å². The molecule has 1 unspecified atom stereocenters. The summed E-state index contributed by atoms with van der Waals surface area (Å²) in [7, 11) is 3.98. The zero-order valence-electron chi connectivity index (χ0n) is 6.91. The van der Waals surface area contributed by atoms with Gasteiger partial charge in [-0.3, -0.25) is 0 Å². The minimum atomic E-state index is -0.270. The van der Waals surface area contributed by atoms with Crippen LogP contribution in [0.4, 0.5) is 0 Å². The second kappa shape index (κ2) is 4.22. The normalized spacial score (nSPS) is 9.50. The fraction of sp³-hybridized carbons (Fsp3) is 0.222. The zero-order chi connectivity index (χ0) is 8.97. The van der Waals surface area contributed by atoms with Gasteiger partial charge in [-0.05, 0) is 17.8 Å². The van der Waals surface area contributed by atoms with Crippen LogP contribution in [0.2, 0.25) is 0 Å². The van der Waals surface area contributed by atoms with Gasteiger partial charge in [0.1, 0.15) is 0 Å². The van der Waals surface area contributed by atoms with E-state index >= 15 is 0 Å². The molecular weight excluding hydrogens is 171 g/mol. The second-order valence-corrected chi connectivity index (χ2v) is 2.76. The van der Waals surface area contributed by atoms with Gasteiger partial charge < -0.3 is 4.74 Å². The molecule has 0 N–H and O–H groups in total. The van der Waals surface area contributed by atoms with E-state index in [-0.39, 0.29) is 5.97 Å². The average Bonchev–Trinajstić information content (AvgIpc) is 2.16. The minimum absolute atomic E-state index is 0.270. The molecule has 0 amide bonds. The van der Waals surface area contributed by atoms with Crippen LogP contribution < -0.4 is 0 Å². The van der Waals surface area contributed by atoms with Gasteiger partial charge in [-0.15, -0.1) is 9.24 Å². The maximum Gasteiger partial charge on any atom is 0.338 e. The summed E-state index contributed by atoms with van der Waals surface area (Å²) in [5.41, 5.74) is 1.64. The van der Waals surface area contributed by atoms with Gasteiger partial charge in [0.05, 0.1) is 12.7 Å². The third-order valence-electron chi connectivity index (χ3n) is 1.64. The maximum atomic E-state index is 11.2. The van der Waals surface area contributed by atoms with Gasteiger partial charge in [0, 0.05) is 0 Å². The highest BCUT2D eigenvalue weighted by molar-refractivity contribution is 7.15. The first-order chi connectivity index (χ1) is 5.79. The lowest BCUT2D eigenvalue weighted by Gasteiger charge is -2.03. The molecule has 0 aromatic heterocycles. The van der Waals surface area contributed by atoms with Crippen molar-refractivity contribution in [2.75, 3.05) is 7.11 Å². The van der Waals surface area contributed by atoms with Crippen LogP contribution >= 0.6 is 9.24 Å². The number of carbonyl (C=O) groups excluding carboxylic acids is 1. The topological polar surface area (TPSA) is 26.3 Å². The lowest BCUT2D eigenvalue weighted by atomic mass is 10.1. The molecule has 2 nitrogen and oxygen atoms in total. The van der Waals surface area contributed by atoms with Gasteiger partial charge in [-0.25, -0.2) is 4.79 Å². The van der Waals surface area contributed by atoms with E-state index in [1.54, 1.807) is 6.07 Å². The Morgan fingerprint density at radius 2 is 2.17 bits per heavy atom. The van der Waals surface area contributed by atoms with Crippen LogP contribution in [0.1, 0.15) is 15.9 Å². The van der Waals surface area contributed by atoms with Crippen molar-refractivity contribution in [1.82, 2.24) is 0 Å². The van der Waals surface area contributed by atoms with Gasteiger partial charge in [-0.1, -0.05) is 18.2 Å². The van der Waals surface area contributed by atoms with E-state index in [0.29, 0.717) is 5.56 Å². The molecule has 3 heteroatoms. The summed E-state index contributed by atoms with van der Waals surface area (Å²) in [5.74, 6) is -0.270. The summed E-state index contributed by atoms with van der Waals surface area (Å²) in [6.07, 6.45) is 0.769. The van der Waals surface area contributed by atoms with Crippen molar-refractivity contribution < 1.29 is 9.53 Å². The average molecular weight is 182 g/mol. The molecule has 1 rings (SSSR count). The number of esters is 1. The molecule has 0 bridgehead atoms. The standard InChI is InChI=1S/C9H11O2P/c1-11-9(10)8-5-3-2-4-7(8)6-12/h2-5H,6,12H2,1H3. The molecule has 64 valence electrons. The minimum Gasteiger partial charge on any atom is -0.465 e. The molecule has 0 aliphatic rings. The molecular formula is C9H11O2P. The van der Waals surface area contributed by atoms with E-state index in [4.69, 9.17) is 0 Å². The SMILES string of the molecule is COC(=O)c1ccccc1CP. The summed E-state index contributed by atoms with van der Waals surface area (Å²) < 4.78 is 4.63. The second-order valence-electron chi connectivity index (χ2n) is 2.35. The van der Waals surface area contributed by atoms with Crippen molar-refractivity contribution in [3.05, 3.63) is 35.4 Å². The molecule has 0 aliphatic carbocycles. The van der Waals surface area contributed by atoms with Crippen LogP contribution in [0.5, 0.6) is 0 Å². The molecule has 0 aliphatic heterocycles. The number of methoxy groups -OCH3 is 1. The molecule has 1 atom stereocenters. The number of hydrogen-bond acceptors (Lipinski definition) is 2. The molecule has 0 fully saturated rings. The first kappa shape index (κ1) is 9.21. The first-order valence-corrected chi connectivity index (χ1v) is 4.47. The Bertz CT molecular complexity index is 284. The van der Waals surface area contributed by atoms with Gasteiger partial charge in [-0.2, -0.15) is 0 Å². The Morgan fingerprint density at radius 3 is 2.75 bits per heavy atom. The quantitative estimate of drug-likeness (QED) is 0.515. The highest BCUT2D eigenvalue weighted by Crippen LogP contribution is 2.13. The van der Waals surface area contributed by atoms with Crippen molar-refractivity contribution in [2.24, 2.45) is 0 Å². The molecule has 0 saturated heterocycles. The Morgan fingerprint density at radius 1 is 1.50 bits per heavy atom.